The first-order valence-corrected chi connectivity index (χ1v) is 27.4. The molecule has 1 aliphatic carbocycles. The average Bonchev–Trinajstić information content (AvgIpc) is 3.76. The van der Waals surface area contributed by atoms with Crippen LogP contribution in [0.4, 0.5) is 0 Å². The third kappa shape index (κ3) is 10.0. The van der Waals surface area contributed by atoms with Crippen LogP contribution < -0.4 is 20.7 Å². The predicted molar refractivity (Wildman–Crippen MR) is 268 cm³/mol. The van der Waals surface area contributed by atoms with Gasteiger partial charge < -0.3 is 13.6 Å². The molecule has 4 unspecified atom stereocenters. The molecule has 1 fully saturated rings. The van der Waals surface area contributed by atoms with Crippen molar-refractivity contribution in [2.45, 2.75) is 141 Å². The molecule has 0 spiro atoms. The number of hydrogen-bond acceptors (Lipinski definition) is 6. The van der Waals surface area contributed by atoms with Crippen molar-refractivity contribution in [3.63, 3.8) is 0 Å². The second-order valence-corrected chi connectivity index (χ2v) is 28.4. The molecule has 4 aromatic rings. The summed E-state index contributed by atoms with van der Waals surface area (Å²) < 4.78 is 21.5. The SMILES string of the molecule is CCCCC[C@@H](C=CC1C(O[Si](c2ccccc2)(c2ccccc2)C(C)(C)C)CC2(C#N)N=C(CCCC(=S)OCC)CC12)O[Si](c1ccccc1)(c1ccccc1)C(C)(C)C. The molecule has 0 radical (unpaired) electrons. The molecule has 1 aliphatic heterocycles. The summed E-state index contributed by atoms with van der Waals surface area (Å²) >= 11 is 5.49. The van der Waals surface area contributed by atoms with Crippen molar-refractivity contribution >= 4 is 60.4 Å². The molecule has 4 aromatic carbocycles. The van der Waals surface area contributed by atoms with Crippen molar-refractivity contribution in [1.29, 1.82) is 5.26 Å². The first kappa shape index (κ1) is 47.5. The molecule has 2 aliphatic rings. The Morgan fingerprint density at radius 1 is 0.774 bits per heavy atom. The molecule has 0 amide bonds. The summed E-state index contributed by atoms with van der Waals surface area (Å²) in [4.78, 5) is 5.39. The third-order valence-electron chi connectivity index (χ3n) is 13.3. The van der Waals surface area contributed by atoms with Crippen molar-refractivity contribution in [3.8, 4) is 6.07 Å². The van der Waals surface area contributed by atoms with E-state index in [9.17, 15) is 5.26 Å². The minimum atomic E-state index is -2.99. The largest absolute Gasteiger partial charge is 0.487 e. The minimum Gasteiger partial charge on any atom is -0.487 e. The lowest BCUT2D eigenvalue weighted by atomic mass is 9.83. The average molecular weight is 883 g/mol. The molecular formula is C54H70N2O3SSi2. The molecule has 0 N–H and O–H groups in total. The summed E-state index contributed by atoms with van der Waals surface area (Å²) in [5.74, 6) is -0.0801. The topological polar surface area (TPSA) is 63.8 Å². The van der Waals surface area contributed by atoms with E-state index in [1.54, 1.807) is 0 Å². The minimum absolute atomic E-state index is 0.0232. The van der Waals surface area contributed by atoms with E-state index in [1.807, 2.05) is 6.92 Å². The zero-order valence-electron chi connectivity index (χ0n) is 38.6. The molecule has 5 nitrogen and oxygen atoms in total. The van der Waals surface area contributed by atoms with Gasteiger partial charge in [0.1, 0.15) is 0 Å². The van der Waals surface area contributed by atoms with E-state index in [2.05, 4.69) is 188 Å². The van der Waals surface area contributed by atoms with Gasteiger partial charge >= 0.3 is 0 Å². The van der Waals surface area contributed by atoms with Crippen molar-refractivity contribution in [2.24, 2.45) is 16.8 Å². The Labute approximate surface area is 381 Å². The predicted octanol–water partition coefficient (Wildman–Crippen LogP) is 11.3. The van der Waals surface area contributed by atoms with Gasteiger partial charge in [-0.2, -0.15) is 5.26 Å². The zero-order chi connectivity index (χ0) is 44.4. The van der Waals surface area contributed by atoms with Gasteiger partial charge in [0.25, 0.3) is 16.6 Å². The van der Waals surface area contributed by atoms with Crippen molar-refractivity contribution < 1.29 is 13.6 Å². The number of thiocarbonyl (C=S) groups is 1. The van der Waals surface area contributed by atoms with Crippen LogP contribution in [0, 0.1) is 23.2 Å². The fraction of sp³-hybridized carbons (Fsp3) is 0.463. The molecular weight excluding hydrogens is 813 g/mol. The number of benzene rings is 4. The first-order valence-electron chi connectivity index (χ1n) is 23.1. The number of unbranched alkanes of at least 4 members (excludes halogenated alkanes) is 2. The molecule has 1 heterocycles. The fourth-order valence-corrected chi connectivity index (χ4v) is 20.1. The summed E-state index contributed by atoms with van der Waals surface area (Å²) in [6, 6.07) is 46.6. The Kier molecular flexibility index (Phi) is 15.8. The quantitative estimate of drug-likeness (QED) is 0.0406. The highest BCUT2D eigenvalue weighted by Gasteiger charge is 2.61. The third-order valence-corrected chi connectivity index (χ3v) is 23.8. The smallest absolute Gasteiger partial charge is 0.261 e. The first-order chi connectivity index (χ1) is 29.7. The number of rotatable bonds is 19. The summed E-state index contributed by atoms with van der Waals surface area (Å²) in [5.41, 5.74) is 0.235. The van der Waals surface area contributed by atoms with Gasteiger partial charge in [0, 0.05) is 30.4 Å². The monoisotopic (exact) mass is 882 g/mol. The van der Waals surface area contributed by atoms with Crippen LogP contribution in [-0.4, -0.2) is 51.8 Å². The van der Waals surface area contributed by atoms with Gasteiger partial charge in [-0.15, -0.1) is 0 Å². The molecule has 6 rings (SSSR count). The van der Waals surface area contributed by atoms with Gasteiger partial charge in [-0.3, -0.25) is 4.99 Å². The van der Waals surface area contributed by atoms with Crippen LogP contribution in [0.2, 0.25) is 10.1 Å². The number of ether oxygens (including phenoxy) is 1. The number of nitrogens with zero attached hydrogens (tertiary/aromatic N) is 2. The Hall–Kier alpha value is -3.98. The Morgan fingerprint density at radius 3 is 1.73 bits per heavy atom. The van der Waals surface area contributed by atoms with E-state index in [1.165, 1.54) is 20.7 Å². The second kappa shape index (κ2) is 20.7. The number of aliphatic imine (C=N–C) groups is 1. The van der Waals surface area contributed by atoms with Crippen LogP contribution in [0.3, 0.4) is 0 Å². The van der Waals surface area contributed by atoms with E-state index in [-0.39, 0.29) is 34.1 Å². The molecule has 1 saturated carbocycles. The molecule has 62 heavy (non-hydrogen) atoms. The molecule has 0 saturated heterocycles. The maximum atomic E-state index is 11.3. The van der Waals surface area contributed by atoms with Gasteiger partial charge in [0.15, 0.2) is 10.6 Å². The highest BCUT2D eigenvalue weighted by Crippen LogP contribution is 2.53. The molecule has 8 heteroatoms. The highest BCUT2D eigenvalue weighted by molar-refractivity contribution is 7.80. The van der Waals surface area contributed by atoms with E-state index in [0.29, 0.717) is 24.5 Å². The Morgan fingerprint density at radius 2 is 1.27 bits per heavy atom. The standard InChI is InChI=1S/C54H70N2O3SSi2/c1-9-11-16-27-43(58-61(52(3,4)5,44-28-17-12-18-29-44)45-30-19-13-20-31-45)37-38-48-49-39-42(26-25-36-51(60)57-10-2)56-54(49,41-55)40-50(48)59-62(53(6,7)8,46-32-21-14-22-33-46)47-34-23-15-24-35-47/h12-15,17-24,28-35,37-38,43,48-50H,9-11,16,25-27,36,39-40H2,1-8H3/t43-,48?,49?,50?,54?/m0/s1. The van der Waals surface area contributed by atoms with Crippen molar-refractivity contribution in [1.82, 2.24) is 0 Å². The lowest BCUT2D eigenvalue weighted by Gasteiger charge is -2.46. The number of hydrogen-bond donors (Lipinski definition) is 0. The van der Waals surface area contributed by atoms with Crippen LogP contribution >= 0.6 is 12.2 Å². The van der Waals surface area contributed by atoms with Crippen LogP contribution in [0.1, 0.15) is 113 Å². The van der Waals surface area contributed by atoms with Gasteiger partial charge in [0.2, 0.25) is 0 Å². The molecule has 0 aromatic heterocycles. The number of fused-ring (bicyclic) bond motifs is 1. The van der Waals surface area contributed by atoms with Crippen molar-refractivity contribution in [3.05, 3.63) is 133 Å². The van der Waals surface area contributed by atoms with Crippen LogP contribution in [0.25, 0.3) is 0 Å². The van der Waals surface area contributed by atoms with Crippen LogP contribution in [0.5, 0.6) is 0 Å². The zero-order valence-corrected chi connectivity index (χ0v) is 41.4. The van der Waals surface area contributed by atoms with E-state index < -0.39 is 22.2 Å². The maximum absolute atomic E-state index is 11.3. The summed E-state index contributed by atoms with van der Waals surface area (Å²) in [5, 5.41) is 16.6. The molecule has 5 atom stereocenters. The maximum Gasteiger partial charge on any atom is 0.261 e. The normalized spacial score (nSPS) is 21.0. The lowest BCUT2D eigenvalue weighted by molar-refractivity contribution is 0.153. The molecule has 0 bridgehead atoms. The van der Waals surface area contributed by atoms with Gasteiger partial charge in [-0.25, -0.2) is 0 Å². The van der Waals surface area contributed by atoms with E-state index in [0.717, 1.165) is 50.7 Å². The summed E-state index contributed by atoms with van der Waals surface area (Å²) in [6.07, 6.45) is 12.4. The van der Waals surface area contributed by atoms with Gasteiger partial charge in [0.05, 0.1) is 24.9 Å². The van der Waals surface area contributed by atoms with Crippen molar-refractivity contribution in [2.75, 3.05) is 6.61 Å². The van der Waals surface area contributed by atoms with Crippen LogP contribution in [0.15, 0.2) is 138 Å². The van der Waals surface area contributed by atoms with E-state index >= 15 is 0 Å². The lowest BCUT2D eigenvalue weighted by Crippen LogP contribution is -2.68. The fourth-order valence-electron chi connectivity index (χ4n) is 10.4. The highest BCUT2D eigenvalue weighted by atomic mass is 32.1. The van der Waals surface area contributed by atoms with E-state index in [4.69, 9.17) is 30.8 Å². The number of nitriles is 1. The Balaban J connectivity index is 1.47. The second-order valence-electron chi connectivity index (χ2n) is 19.5. The summed E-state index contributed by atoms with van der Waals surface area (Å²) in [7, 11) is -5.86. The van der Waals surface area contributed by atoms with Gasteiger partial charge in [-0.1, -0.05) is 201 Å². The summed E-state index contributed by atoms with van der Waals surface area (Å²) in [6.45, 7) is 18.9. The van der Waals surface area contributed by atoms with Gasteiger partial charge in [-0.05, 0) is 75.6 Å². The molecule has 328 valence electrons. The Bertz CT molecular complexity index is 2070. The van der Waals surface area contributed by atoms with Crippen LogP contribution in [-0.2, 0) is 13.6 Å².